The molecule has 0 fully saturated rings. The summed E-state index contributed by atoms with van der Waals surface area (Å²) in [6.07, 6.45) is 1.18. The van der Waals surface area contributed by atoms with Gasteiger partial charge in [0.2, 0.25) is 0 Å². The van der Waals surface area contributed by atoms with Crippen LogP contribution in [0.3, 0.4) is 0 Å². The summed E-state index contributed by atoms with van der Waals surface area (Å²) in [6, 6.07) is 11.4. The number of hydrogen-bond acceptors (Lipinski definition) is 2. The largest absolute Gasteiger partial charge is 0.397 e. The van der Waals surface area contributed by atoms with Crippen LogP contribution in [0.2, 0.25) is 6.04 Å². The fourth-order valence-corrected chi connectivity index (χ4v) is 3.00. The van der Waals surface area contributed by atoms with Crippen molar-refractivity contribution in [3.63, 3.8) is 0 Å². The minimum absolute atomic E-state index is 0.802. The maximum Gasteiger partial charge on any atom is 0.321 e. The van der Waals surface area contributed by atoms with E-state index in [9.17, 15) is 0 Å². The van der Waals surface area contributed by atoms with Gasteiger partial charge < -0.3 is 8.85 Å². The molecule has 0 N–H and O–H groups in total. The van der Waals surface area contributed by atoms with Gasteiger partial charge in [-0.3, -0.25) is 0 Å². The van der Waals surface area contributed by atoms with Crippen LogP contribution in [-0.2, 0) is 8.85 Å². The van der Waals surface area contributed by atoms with Gasteiger partial charge in [-0.05, 0) is 26.8 Å². The quantitative estimate of drug-likeness (QED) is 0.721. The fourth-order valence-electron chi connectivity index (χ4n) is 1.36. The summed E-state index contributed by atoms with van der Waals surface area (Å²) in [5, 5.41) is 0. The van der Waals surface area contributed by atoms with Crippen molar-refractivity contribution >= 4 is 9.28 Å². The second-order valence-electron chi connectivity index (χ2n) is 3.78. The molecule has 0 amide bonds. The summed E-state index contributed by atoms with van der Waals surface area (Å²) in [7, 11) is -1.23. The lowest BCUT2D eigenvalue weighted by Gasteiger charge is -2.12. The van der Waals surface area contributed by atoms with Crippen LogP contribution in [0.25, 0.3) is 0 Å². The van der Waals surface area contributed by atoms with Gasteiger partial charge in [0.1, 0.15) is 0 Å². The molecule has 17 heavy (non-hydrogen) atoms. The Labute approximate surface area is 108 Å². The number of rotatable bonds is 6. The lowest BCUT2D eigenvalue weighted by molar-refractivity contribution is 0.213. The molecule has 1 rings (SSSR count). The van der Waals surface area contributed by atoms with E-state index in [0.717, 1.165) is 19.3 Å². The molecular weight excluding hydrogens is 228 g/mol. The third-order valence-corrected chi connectivity index (χ3v) is 4.63. The molecule has 0 radical (unpaired) electrons. The van der Waals surface area contributed by atoms with E-state index in [2.05, 4.69) is 26.0 Å². The zero-order valence-electron chi connectivity index (χ0n) is 11.6. The third kappa shape index (κ3) is 10.2. The molecule has 1 aromatic carbocycles. The minimum Gasteiger partial charge on any atom is -0.397 e. The number of aryl methyl sites for hydroxylation is 1. The molecule has 2 nitrogen and oxygen atoms in total. The number of benzene rings is 1. The van der Waals surface area contributed by atoms with Crippen molar-refractivity contribution in [2.24, 2.45) is 0 Å². The van der Waals surface area contributed by atoms with Gasteiger partial charge in [-0.1, -0.05) is 49.2 Å². The van der Waals surface area contributed by atoms with Crippen LogP contribution in [-0.4, -0.2) is 22.5 Å². The second kappa shape index (κ2) is 11.8. The molecule has 0 atom stereocenters. The lowest BCUT2D eigenvalue weighted by Crippen LogP contribution is -2.22. The van der Waals surface area contributed by atoms with Crippen molar-refractivity contribution in [1.82, 2.24) is 0 Å². The topological polar surface area (TPSA) is 18.5 Å². The Hall–Kier alpha value is -0.643. The SMILES string of the molecule is CCC[SiH](OCC)OCC.Cc1ccccc1. The first kappa shape index (κ1) is 16.4. The highest BCUT2D eigenvalue weighted by Gasteiger charge is 2.08. The standard InChI is InChI=1S/C7H18O2Si.C7H8/c1-4-7-10(8-5-2)9-6-3;1-7-5-3-2-4-6-7/h10H,4-7H2,1-3H3;2-6H,1H3. The Kier molecular flexibility index (Phi) is 11.4. The zero-order chi connectivity index (χ0) is 12.9. The van der Waals surface area contributed by atoms with Crippen LogP contribution in [0.15, 0.2) is 30.3 Å². The van der Waals surface area contributed by atoms with E-state index in [1.165, 1.54) is 12.0 Å². The van der Waals surface area contributed by atoms with Crippen molar-refractivity contribution < 1.29 is 8.85 Å². The van der Waals surface area contributed by atoms with Gasteiger partial charge in [-0.25, -0.2) is 0 Å². The van der Waals surface area contributed by atoms with Crippen LogP contribution >= 0.6 is 0 Å². The molecule has 0 unspecified atom stereocenters. The normalized spacial score (nSPS) is 9.94. The monoisotopic (exact) mass is 254 g/mol. The highest BCUT2D eigenvalue weighted by Crippen LogP contribution is 2.00. The Morgan fingerprint density at radius 2 is 1.47 bits per heavy atom. The van der Waals surface area contributed by atoms with Crippen LogP contribution in [0.5, 0.6) is 0 Å². The van der Waals surface area contributed by atoms with Gasteiger partial charge in [0.05, 0.1) is 0 Å². The van der Waals surface area contributed by atoms with Crippen LogP contribution in [0, 0.1) is 6.92 Å². The molecule has 0 saturated carbocycles. The highest BCUT2D eigenvalue weighted by molar-refractivity contribution is 6.44. The molecule has 3 heteroatoms. The van der Waals surface area contributed by atoms with Crippen LogP contribution in [0.1, 0.15) is 32.8 Å². The van der Waals surface area contributed by atoms with Gasteiger partial charge in [0.25, 0.3) is 0 Å². The molecule has 0 aliphatic carbocycles. The van der Waals surface area contributed by atoms with Gasteiger partial charge in [0.15, 0.2) is 0 Å². The predicted octanol–water partition coefficient (Wildman–Crippen LogP) is 3.68. The molecule has 0 aliphatic rings. The Morgan fingerprint density at radius 3 is 1.76 bits per heavy atom. The average Bonchev–Trinajstić information content (AvgIpc) is 2.32. The van der Waals surface area contributed by atoms with Crippen LogP contribution < -0.4 is 0 Å². The van der Waals surface area contributed by atoms with Crippen LogP contribution in [0.4, 0.5) is 0 Å². The molecule has 1 aromatic rings. The van der Waals surface area contributed by atoms with E-state index in [0.29, 0.717) is 0 Å². The first-order chi connectivity index (χ1) is 8.24. The molecule has 0 aliphatic heterocycles. The summed E-state index contributed by atoms with van der Waals surface area (Å²) >= 11 is 0. The summed E-state index contributed by atoms with van der Waals surface area (Å²) in [6.45, 7) is 9.90. The third-order valence-electron chi connectivity index (χ3n) is 2.17. The Balaban J connectivity index is 0.000000318. The van der Waals surface area contributed by atoms with Gasteiger partial charge >= 0.3 is 9.28 Å². The first-order valence-electron chi connectivity index (χ1n) is 6.49. The Bertz CT molecular complexity index is 237. The van der Waals surface area contributed by atoms with Gasteiger partial charge in [0, 0.05) is 13.2 Å². The van der Waals surface area contributed by atoms with Gasteiger partial charge in [-0.15, -0.1) is 0 Å². The van der Waals surface area contributed by atoms with E-state index >= 15 is 0 Å². The molecule has 0 bridgehead atoms. The fraction of sp³-hybridized carbons (Fsp3) is 0.571. The van der Waals surface area contributed by atoms with Crippen molar-refractivity contribution in [3.05, 3.63) is 35.9 Å². The lowest BCUT2D eigenvalue weighted by atomic mass is 10.2. The van der Waals surface area contributed by atoms with E-state index in [1.807, 2.05) is 32.0 Å². The predicted molar refractivity (Wildman–Crippen MR) is 76.7 cm³/mol. The first-order valence-corrected chi connectivity index (χ1v) is 8.25. The van der Waals surface area contributed by atoms with Crippen molar-refractivity contribution in [2.45, 2.75) is 40.2 Å². The zero-order valence-corrected chi connectivity index (χ0v) is 12.8. The summed E-state index contributed by atoms with van der Waals surface area (Å²) < 4.78 is 10.9. The molecule has 0 aromatic heterocycles. The van der Waals surface area contributed by atoms with E-state index in [-0.39, 0.29) is 0 Å². The summed E-state index contributed by atoms with van der Waals surface area (Å²) in [5.74, 6) is 0. The molecule has 0 saturated heterocycles. The molecular formula is C14H26O2Si. The summed E-state index contributed by atoms with van der Waals surface area (Å²) in [5.41, 5.74) is 1.32. The average molecular weight is 254 g/mol. The molecule has 0 heterocycles. The summed E-state index contributed by atoms with van der Waals surface area (Å²) in [4.78, 5) is 0. The van der Waals surface area contributed by atoms with E-state index in [1.54, 1.807) is 0 Å². The highest BCUT2D eigenvalue weighted by atomic mass is 28.3. The minimum atomic E-state index is -1.23. The van der Waals surface area contributed by atoms with Crippen molar-refractivity contribution in [2.75, 3.05) is 13.2 Å². The molecule has 98 valence electrons. The number of hydrogen-bond donors (Lipinski definition) is 0. The Morgan fingerprint density at radius 1 is 0.941 bits per heavy atom. The smallest absolute Gasteiger partial charge is 0.321 e. The van der Waals surface area contributed by atoms with Gasteiger partial charge in [-0.2, -0.15) is 0 Å². The van der Waals surface area contributed by atoms with Crippen molar-refractivity contribution in [1.29, 1.82) is 0 Å². The van der Waals surface area contributed by atoms with E-state index in [4.69, 9.17) is 8.85 Å². The second-order valence-corrected chi connectivity index (χ2v) is 5.89. The van der Waals surface area contributed by atoms with Crippen molar-refractivity contribution in [3.8, 4) is 0 Å². The maximum absolute atomic E-state index is 5.44. The van der Waals surface area contributed by atoms with E-state index < -0.39 is 9.28 Å². The maximum atomic E-state index is 5.44. The molecule has 0 spiro atoms.